The smallest absolute Gasteiger partial charge is 0.169 e. The molecule has 3 heteroatoms. The molecule has 1 aromatic carbocycles. The Kier molecular flexibility index (Phi) is 4.25. The normalized spacial score (nSPS) is 23.2. The fourth-order valence-corrected chi connectivity index (χ4v) is 2.71. The molecule has 0 spiro atoms. The van der Waals surface area contributed by atoms with Gasteiger partial charge in [-0.1, -0.05) is 0 Å². The zero-order chi connectivity index (χ0) is 14.0. The molecule has 1 aliphatic rings. The van der Waals surface area contributed by atoms with E-state index in [1.165, 1.54) is 0 Å². The minimum Gasteiger partial charge on any atom is -0.496 e. The van der Waals surface area contributed by atoms with E-state index in [0.29, 0.717) is 11.3 Å². The Bertz CT molecular complexity index is 471. The van der Waals surface area contributed by atoms with Crippen molar-refractivity contribution in [1.82, 2.24) is 0 Å². The number of rotatable bonds is 3. The van der Waals surface area contributed by atoms with Crippen LogP contribution in [0.2, 0.25) is 0 Å². The van der Waals surface area contributed by atoms with Gasteiger partial charge in [-0.25, -0.2) is 0 Å². The summed E-state index contributed by atoms with van der Waals surface area (Å²) in [6, 6.07) is 3.86. The van der Waals surface area contributed by atoms with Crippen molar-refractivity contribution in [2.75, 3.05) is 7.11 Å². The van der Waals surface area contributed by atoms with Gasteiger partial charge >= 0.3 is 0 Å². The Morgan fingerprint density at radius 1 is 1.16 bits per heavy atom. The minimum atomic E-state index is -0.231. The molecule has 2 rings (SSSR count). The van der Waals surface area contributed by atoms with Crippen molar-refractivity contribution < 1.29 is 14.6 Å². The van der Waals surface area contributed by atoms with Crippen LogP contribution in [0, 0.1) is 19.8 Å². The van der Waals surface area contributed by atoms with Crippen LogP contribution in [0.3, 0.4) is 0 Å². The molecule has 0 radical (unpaired) electrons. The lowest BCUT2D eigenvalue weighted by molar-refractivity contribution is 0.0762. The molecule has 1 aromatic rings. The third-order valence-electron chi connectivity index (χ3n) is 4.15. The lowest BCUT2D eigenvalue weighted by Gasteiger charge is -2.25. The van der Waals surface area contributed by atoms with Crippen molar-refractivity contribution in [2.45, 2.75) is 45.6 Å². The van der Waals surface area contributed by atoms with E-state index in [0.717, 1.165) is 36.8 Å². The first-order valence-corrected chi connectivity index (χ1v) is 6.90. The van der Waals surface area contributed by atoms with Gasteiger partial charge in [-0.05, 0) is 62.8 Å². The number of aliphatic hydroxyl groups is 1. The maximum absolute atomic E-state index is 12.6. The largest absolute Gasteiger partial charge is 0.496 e. The highest BCUT2D eigenvalue weighted by Gasteiger charge is 2.28. The summed E-state index contributed by atoms with van der Waals surface area (Å²) < 4.78 is 5.34. The van der Waals surface area contributed by atoms with Gasteiger partial charge in [-0.3, -0.25) is 4.79 Å². The number of ketones is 1. The van der Waals surface area contributed by atoms with Gasteiger partial charge in [0.05, 0.1) is 18.8 Å². The Hall–Kier alpha value is -1.35. The number of Topliss-reactive ketones (excluding diaryl/α,β-unsaturated/α-hetero) is 1. The average molecular weight is 262 g/mol. The summed E-state index contributed by atoms with van der Waals surface area (Å²) in [6.07, 6.45) is 2.77. The number of carbonyl (C=O) groups is 1. The summed E-state index contributed by atoms with van der Waals surface area (Å²) in [4.78, 5) is 12.6. The lowest BCUT2D eigenvalue weighted by Crippen LogP contribution is -2.24. The van der Waals surface area contributed by atoms with Gasteiger partial charge in [0.2, 0.25) is 0 Å². The van der Waals surface area contributed by atoms with Crippen LogP contribution in [-0.2, 0) is 0 Å². The molecular formula is C16H22O3. The number of benzene rings is 1. The monoisotopic (exact) mass is 262 g/mol. The molecule has 0 unspecified atom stereocenters. The summed E-state index contributed by atoms with van der Waals surface area (Å²) >= 11 is 0. The predicted octanol–water partition coefficient (Wildman–Crippen LogP) is 3.05. The van der Waals surface area contributed by atoms with Crippen molar-refractivity contribution in [3.8, 4) is 5.75 Å². The number of ether oxygens (including phenoxy) is 1. The molecule has 0 aromatic heterocycles. The highest BCUT2D eigenvalue weighted by molar-refractivity contribution is 6.00. The zero-order valence-electron chi connectivity index (χ0n) is 11.9. The van der Waals surface area contributed by atoms with Crippen LogP contribution in [0.5, 0.6) is 5.75 Å². The Morgan fingerprint density at radius 3 is 2.32 bits per heavy atom. The highest BCUT2D eigenvalue weighted by Crippen LogP contribution is 2.31. The Morgan fingerprint density at radius 2 is 1.74 bits per heavy atom. The molecule has 0 saturated heterocycles. The van der Waals surface area contributed by atoms with Crippen LogP contribution in [-0.4, -0.2) is 24.1 Å². The Labute approximate surface area is 114 Å². The summed E-state index contributed by atoms with van der Waals surface area (Å²) in [5, 5.41) is 9.52. The molecule has 0 aliphatic heterocycles. The van der Waals surface area contributed by atoms with E-state index in [1.807, 2.05) is 26.0 Å². The number of carbonyl (C=O) groups excluding carboxylic acids is 1. The second-order valence-corrected chi connectivity index (χ2v) is 5.51. The molecular weight excluding hydrogens is 240 g/mol. The average Bonchev–Trinajstić information content (AvgIpc) is 2.41. The molecule has 1 N–H and O–H groups in total. The van der Waals surface area contributed by atoms with E-state index in [-0.39, 0.29) is 17.8 Å². The van der Waals surface area contributed by atoms with Crippen LogP contribution >= 0.6 is 0 Å². The Balaban J connectivity index is 2.25. The van der Waals surface area contributed by atoms with Gasteiger partial charge in [-0.2, -0.15) is 0 Å². The molecule has 0 amide bonds. The molecule has 0 heterocycles. The summed E-state index contributed by atoms with van der Waals surface area (Å²) in [5.41, 5.74) is 2.93. The molecule has 0 bridgehead atoms. The number of aliphatic hydroxyl groups excluding tert-OH is 1. The van der Waals surface area contributed by atoms with Crippen molar-refractivity contribution in [3.05, 3.63) is 28.8 Å². The fraction of sp³-hybridized carbons (Fsp3) is 0.562. The quantitative estimate of drug-likeness (QED) is 0.852. The fourth-order valence-electron chi connectivity index (χ4n) is 2.71. The van der Waals surface area contributed by atoms with Gasteiger partial charge in [0.1, 0.15) is 5.75 Å². The van der Waals surface area contributed by atoms with Gasteiger partial charge in [0.15, 0.2) is 5.78 Å². The molecule has 3 nitrogen and oxygen atoms in total. The number of hydrogen-bond donors (Lipinski definition) is 1. The summed E-state index contributed by atoms with van der Waals surface area (Å²) in [6.45, 7) is 4.03. The maximum atomic E-state index is 12.6. The first-order chi connectivity index (χ1) is 9.02. The van der Waals surface area contributed by atoms with E-state index in [4.69, 9.17) is 4.74 Å². The first-order valence-electron chi connectivity index (χ1n) is 6.90. The predicted molar refractivity (Wildman–Crippen MR) is 74.8 cm³/mol. The SMILES string of the molecule is COc1cc(C)c(C)cc1C(=O)C1CCC(O)CC1. The van der Waals surface area contributed by atoms with E-state index >= 15 is 0 Å². The van der Waals surface area contributed by atoms with Gasteiger partial charge < -0.3 is 9.84 Å². The molecule has 19 heavy (non-hydrogen) atoms. The number of aryl methyl sites for hydroxylation is 2. The van der Waals surface area contributed by atoms with E-state index < -0.39 is 0 Å². The molecule has 104 valence electrons. The topological polar surface area (TPSA) is 46.5 Å². The maximum Gasteiger partial charge on any atom is 0.169 e. The zero-order valence-corrected chi connectivity index (χ0v) is 11.9. The summed E-state index contributed by atoms with van der Waals surface area (Å²) in [5.74, 6) is 0.852. The second-order valence-electron chi connectivity index (χ2n) is 5.51. The van der Waals surface area contributed by atoms with Gasteiger partial charge in [-0.15, -0.1) is 0 Å². The van der Waals surface area contributed by atoms with Crippen LogP contribution in [0.25, 0.3) is 0 Å². The van der Waals surface area contributed by atoms with Crippen LogP contribution < -0.4 is 4.74 Å². The minimum absolute atomic E-state index is 0.0272. The van der Waals surface area contributed by atoms with Crippen molar-refractivity contribution >= 4 is 5.78 Å². The van der Waals surface area contributed by atoms with Gasteiger partial charge in [0, 0.05) is 5.92 Å². The van der Waals surface area contributed by atoms with E-state index in [9.17, 15) is 9.90 Å². The first kappa shape index (κ1) is 14.1. The highest BCUT2D eigenvalue weighted by atomic mass is 16.5. The number of hydrogen-bond acceptors (Lipinski definition) is 3. The van der Waals surface area contributed by atoms with E-state index in [2.05, 4.69) is 0 Å². The van der Waals surface area contributed by atoms with Crippen molar-refractivity contribution in [2.24, 2.45) is 5.92 Å². The van der Waals surface area contributed by atoms with Crippen LogP contribution in [0.15, 0.2) is 12.1 Å². The molecule has 1 saturated carbocycles. The lowest BCUT2D eigenvalue weighted by atomic mass is 9.82. The van der Waals surface area contributed by atoms with Crippen molar-refractivity contribution in [3.63, 3.8) is 0 Å². The second kappa shape index (κ2) is 5.74. The van der Waals surface area contributed by atoms with Crippen molar-refractivity contribution in [1.29, 1.82) is 0 Å². The molecule has 1 fully saturated rings. The summed E-state index contributed by atoms with van der Waals surface area (Å²) in [7, 11) is 1.60. The standard InChI is InChI=1S/C16H22O3/c1-10-8-14(15(19-3)9-11(10)2)16(18)12-4-6-13(17)7-5-12/h8-9,12-13,17H,4-7H2,1-3H3. The third-order valence-corrected chi connectivity index (χ3v) is 4.15. The van der Waals surface area contributed by atoms with E-state index in [1.54, 1.807) is 7.11 Å². The number of methoxy groups -OCH3 is 1. The van der Waals surface area contributed by atoms with Crippen LogP contribution in [0.1, 0.15) is 47.2 Å². The third kappa shape index (κ3) is 2.98. The molecule has 0 atom stereocenters. The van der Waals surface area contributed by atoms with Gasteiger partial charge in [0.25, 0.3) is 0 Å². The van der Waals surface area contributed by atoms with Crippen LogP contribution in [0.4, 0.5) is 0 Å². The molecule has 1 aliphatic carbocycles.